The van der Waals surface area contributed by atoms with Gasteiger partial charge in [-0.1, -0.05) is 13.0 Å². The highest BCUT2D eigenvalue weighted by Gasteiger charge is 2.31. The molecule has 0 fully saturated rings. The summed E-state index contributed by atoms with van der Waals surface area (Å²) in [5.41, 5.74) is 7.47. The van der Waals surface area contributed by atoms with Crippen LogP contribution in [0.3, 0.4) is 0 Å². The maximum Gasteiger partial charge on any atom is 0.0513 e. The van der Waals surface area contributed by atoms with Crippen LogP contribution in [0.25, 0.3) is 0 Å². The normalized spacial score (nSPS) is 15.9. The van der Waals surface area contributed by atoms with Gasteiger partial charge in [-0.05, 0) is 45.9 Å². The van der Waals surface area contributed by atoms with Crippen molar-refractivity contribution >= 4 is 0 Å². The topological polar surface area (TPSA) is 42.2 Å². The van der Waals surface area contributed by atoms with E-state index in [0.717, 1.165) is 6.42 Å². The molecular weight excluding hydrogens is 210 g/mol. The number of aromatic nitrogens is 1. The first-order chi connectivity index (χ1) is 7.90. The number of pyridine rings is 1. The smallest absolute Gasteiger partial charge is 0.0513 e. The molecule has 17 heavy (non-hydrogen) atoms. The van der Waals surface area contributed by atoms with Crippen LogP contribution in [0.5, 0.6) is 0 Å². The van der Waals surface area contributed by atoms with Gasteiger partial charge in [0.2, 0.25) is 0 Å². The van der Waals surface area contributed by atoms with E-state index in [0.29, 0.717) is 0 Å². The van der Waals surface area contributed by atoms with Crippen LogP contribution in [0.1, 0.15) is 45.7 Å². The van der Waals surface area contributed by atoms with Crippen molar-refractivity contribution in [2.45, 2.75) is 51.7 Å². The van der Waals surface area contributed by atoms with Gasteiger partial charge in [0.05, 0.1) is 6.04 Å². The first-order valence-corrected chi connectivity index (χ1v) is 6.28. The summed E-state index contributed by atoms with van der Waals surface area (Å²) in [6.07, 6.45) is 4.80. The highest BCUT2D eigenvalue weighted by Crippen LogP contribution is 2.29. The zero-order valence-corrected chi connectivity index (χ0v) is 11.6. The van der Waals surface area contributed by atoms with Crippen LogP contribution >= 0.6 is 0 Å². The van der Waals surface area contributed by atoms with Crippen LogP contribution in [0.4, 0.5) is 0 Å². The molecule has 1 rings (SSSR count). The number of hydrogen-bond donors (Lipinski definition) is 1. The Morgan fingerprint density at radius 1 is 1.47 bits per heavy atom. The average molecular weight is 235 g/mol. The summed E-state index contributed by atoms with van der Waals surface area (Å²) in [6, 6.07) is 4.36. The third kappa shape index (κ3) is 3.27. The number of rotatable bonds is 5. The Hall–Kier alpha value is -0.930. The van der Waals surface area contributed by atoms with E-state index < -0.39 is 0 Å². The predicted molar refractivity (Wildman–Crippen MR) is 72.8 cm³/mol. The first kappa shape index (κ1) is 14.1. The van der Waals surface area contributed by atoms with Crippen molar-refractivity contribution < 1.29 is 0 Å². The second kappa shape index (κ2) is 5.61. The Balaban J connectivity index is 3.03. The number of hydrogen-bond acceptors (Lipinski definition) is 3. The molecule has 0 bridgehead atoms. The molecule has 1 aromatic rings. The number of likely N-dealkylation sites (N-methyl/N-ethyl adjacent to an activating group) is 1. The molecule has 96 valence electrons. The largest absolute Gasteiger partial charge is 0.326 e. The lowest BCUT2D eigenvalue weighted by Gasteiger charge is -2.42. The van der Waals surface area contributed by atoms with Gasteiger partial charge in [0, 0.05) is 24.0 Å². The fourth-order valence-corrected chi connectivity index (χ4v) is 2.06. The third-order valence-corrected chi connectivity index (χ3v) is 3.76. The third-order valence-electron chi connectivity index (χ3n) is 3.76. The second-order valence-electron chi connectivity index (χ2n) is 5.37. The van der Waals surface area contributed by atoms with E-state index in [-0.39, 0.29) is 17.6 Å². The minimum absolute atomic E-state index is 0.0787. The van der Waals surface area contributed by atoms with Crippen LogP contribution < -0.4 is 5.73 Å². The molecule has 0 saturated heterocycles. The van der Waals surface area contributed by atoms with Gasteiger partial charge in [-0.3, -0.25) is 9.88 Å². The van der Waals surface area contributed by atoms with Crippen LogP contribution in [0.15, 0.2) is 24.5 Å². The van der Waals surface area contributed by atoms with E-state index in [2.05, 4.69) is 50.7 Å². The quantitative estimate of drug-likeness (QED) is 0.853. The van der Waals surface area contributed by atoms with Crippen molar-refractivity contribution in [2.24, 2.45) is 5.73 Å². The van der Waals surface area contributed by atoms with Crippen molar-refractivity contribution in [3.05, 3.63) is 30.1 Å². The molecule has 0 aliphatic carbocycles. The number of nitrogens with two attached hydrogens (primary N) is 1. The van der Waals surface area contributed by atoms with Crippen molar-refractivity contribution in [2.75, 3.05) is 7.05 Å². The van der Waals surface area contributed by atoms with E-state index in [1.807, 2.05) is 12.3 Å². The fourth-order valence-electron chi connectivity index (χ4n) is 2.06. The molecule has 0 aliphatic rings. The lowest BCUT2D eigenvalue weighted by atomic mass is 9.92. The second-order valence-corrected chi connectivity index (χ2v) is 5.37. The van der Waals surface area contributed by atoms with Gasteiger partial charge in [-0.15, -0.1) is 0 Å². The monoisotopic (exact) mass is 235 g/mol. The van der Waals surface area contributed by atoms with Crippen LogP contribution in [0, 0.1) is 0 Å². The zero-order valence-electron chi connectivity index (χ0n) is 11.6. The molecule has 3 nitrogen and oxygen atoms in total. The molecule has 2 N–H and O–H groups in total. The highest BCUT2D eigenvalue weighted by atomic mass is 15.2. The maximum atomic E-state index is 6.15. The minimum atomic E-state index is 0.0787. The summed E-state index contributed by atoms with van der Waals surface area (Å²) in [4.78, 5) is 6.55. The molecular formula is C14H25N3. The molecule has 0 saturated carbocycles. The van der Waals surface area contributed by atoms with Crippen LogP contribution in [-0.2, 0) is 0 Å². The lowest BCUT2D eigenvalue weighted by molar-refractivity contribution is 0.0845. The Morgan fingerprint density at radius 2 is 2.12 bits per heavy atom. The molecule has 0 aromatic carbocycles. The molecule has 0 aliphatic heterocycles. The predicted octanol–water partition coefficient (Wildman–Crippen LogP) is 2.59. The van der Waals surface area contributed by atoms with Gasteiger partial charge >= 0.3 is 0 Å². The highest BCUT2D eigenvalue weighted by molar-refractivity contribution is 5.16. The average Bonchev–Trinajstić information content (AvgIpc) is 2.30. The van der Waals surface area contributed by atoms with E-state index in [4.69, 9.17) is 5.73 Å². The standard InChI is InChI=1S/C14H25N3/c1-6-14(3,4)17(5)13(11(2)15)12-8-7-9-16-10-12/h7-11,13H,6,15H2,1-5H3. The summed E-state index contributed by atoms with van der Waals surface area (Å²) in [6.45, 7) is 8.76. The first-order valence-electron chi connectivity index (χ1n) is 6.28. The Morgan fingerprint density at radius 3 is 2.53 bits per heavy atom. The van der Waals surface area contributed by atoms with Crippen molar-refractivity contribution in [3.8, 4) is 0 Å². The van der Waals surface area contributed by atoms with Gasteiger partial charge in [0.15, 0.2) is 0 Å². The van der Waals surface area contributed by atoms with Crippen molar-refractivity contribution in [1.82, 2.24) is 9.88 Å². The van der Waals surface area contributed by atoms with Gasteiger partial charge in [0.1, 0.15) is 0 Å². The minimum Gasteiger partial charge on any atom is -0.326 e. The van der Waals surface area contributed by atoms with E-state index in [9.17, 15) is 0 Å². The van der Waals surface area contributed by atoms with Gasteiger partial charge in [-0.25, -0.2) is 0 Å². The molecule has 1 heterocycles. The molecule has 2 atom stereocenters. The van der Waals surface area contributed by atoms with E-state index in [1.165, 1.54) is 5.56 Å². The lowest BCUT2D eigenvalue weighted by Crippen LogP contribution is -2.48. The van der Waals surface area contributed by atoms with E-state index in [1.54, 1.807) is 6.20 Å². The SMILES string of the molecule is CCC(C)(C)N(C)C(c1cccnc1)C(C)N. The van der Waals surface area contributed by atoms with Gasteiger partial charge in [0.25, 0.3) is 0 Å². The Bertz CT molecular complexity index is 333. The summed E-state index contributed by atoms with van der Waals surface area (Å²) < 4.78 is 0. The number of nitrogens with zero attached hydrogens (tertiary/aromatic N) is 2. The zero-order chi connectivity index (χ0) is 13.1. The van der Waals surface area contributed by atoms with Gasteiger partial charge in [-0.2, -0.15) is 0 Å². The fraction of sp³-hybridized carbons (Fsp3) is 0.643. The van der Waals surface area contributed by atoms with Crippen LogP contribution in [-0.4, -0.2) is 28.5 Å². The van der Waals surface area contributed by atoms with Crippen LogP contribution in [0.2, 0.25) is 0 Å². The summed E-state index contributed by atoms with van der Waals surface area (Å²) in [5, 5.41) is 0. The van der Waals surface area contributed by atoms with Crippen molar-refractivity contribution in [3.63, 3.8) is 0 Å². The van der Waals surface area contributed by atoms with Crippen molar-refractivity contribution in [1.29, 1.82) is 0 Å². The Kier molecular flexibility index (Phi) is 4.66. The van der Waals surface area contributed by atoms with E-state index >= 15 is 0 Å². The molecule has 0 radical (unpaired) electrons. The summed E-state index contributed by atoms with van der Waals surface area (Å²) >= 11 is 0. The summed E-state index contributed by atoms with van der Waals surface area (Å²) in [5.74, 6) is 0. The molecule has 0 amide bonds. The molecule has 0 spiro atoms. The molecule has 3 heteroatoms. The summed E-state index contributed by atoms with van der Waals surface area (Å²) in [7, 11) is 2.14. The Labute approximate surface area is 105 Å². The maximum absolute atomic E-state index is 6.15. The van der Waals surface area contributed by atoms with Gasteiger partial charge < -0.3 is 5.73 Å². The molecule has 1 aromatic heterocycles. The molecule has 2 unspecified atom stereocenters.